The molecule has 36 heavy (non-hydrogen) atoms. The van der Waals surface area contributed by atoms with Crippen LogP contribution in [0.3, 0.4) is 0 Å². The van der Waals surface area contributed by atoms with Crippen LogP contribution in [0.4, 0.5) is 5.69 Å². The molecule has 0 radical (unpaired) electrons. The summed E-state index contributed by atoms with van der Waals surface area (Å²) in [5, 5.41) is 11.1. The summed E-state index contributed by atoms with van der Waals surface area (Å²) in [5.74, 6) is 0. The van der Waals surface area contributed by atoms with Crippen molar-refractivity contribution in [2.75, 3.05) is 32.7 Å². The normalized spacial score (nSPS) is 18.7. The minimum Gasteiger partial charge on any atom is -0.301 e. The third-order valence-corrected chi connectivity index (χ3v) is 7.01. The Balaban J connectivity index is 1.12. The van der Waals surface area contributed by atoms with Crippen molar-refractivity contribution in [1.29, 1.82) is 0 Å². The smallest absolute Gasteiger partial charge is 0.270 e. The lowest BCUT2D eigenvalue weighted by Crippen LogP contribution is -2.48. The fraction of sp³-hybridized carbons (Fsp3) is 0.310. The van der Waals surface area contributed by atoms with Crippen molar-refractivity contribution in [2.45, 2.75) is 25.0 Å². The molecule has 7 heteroatoms. The van der Waals surface area contributed by atoms with Gasteiger partial charge in [-0.3, -0.25) is 25.3 Å². The number of benzene rings is 3. The van der Waals surface area contributed by atoms with E-state index in [4.69, 9.17) is 4.84 Å². The predicted octanol–water partition coefficient (Wildman–Crippen LogP) is 5.03. The number of hydrogen-bond donors (Lipinski definition) is 1. The van der Waals surface area contributed by atoms with Crippen LogP contribution in [-0.4, -0.2) is 53.6 Å². The largest absolute Gasteiger partial charge is 0.301 e. The Morgan fingerprint density at radius 3 is 2.22 bits per heavy atom. The number of nitro groups is 1. The maximum Gasteiger partial charge on any atom is 0.270 e. The summed E-state index contributed by atoms with van der Waals surface area (Å²) in [6.07, 6.45) is 3.94. The molecule has 1 N–H and O–H groups in total. The molecule has 1 unspecified atom stereocenters. The van der Waals surface area contributed by atoms with Crippen molar-refractivity contribution in [3.63, 3.8) is 0 Å². The SMILES string of the molecule is O=[N+]([O-])c1cccc(C2=CC(CCCN3CCN(C(c4ccccc4)c4ccccc4)CC3)ON2)c1. The maximum absolute atomic E-state index is 11.1. The molecule has 0 saturated carbocycles. The number of hydroxylamine groups is 1. The lowest BCUT2D eigenvalue weighted by atomic mass is 9.96. The molecule has 2 heterocycles. The van der Waals surface area contributed by atoms with Crippen LogP contribution >= 0.6 is 0 Å². The van der Waals surface area contributed by atoms with Gasteiger partial charge in [0.05, 0.1) is 16.7 Å². The van der Waals surface area contributed by atoms with Crippen molar-refractivity contribution in [1.82, 2.24) is 15.3 Å². The predicted molar refractivity (Wildman–Crippen MR) is 141 cm³/mol. The summed E-state index contributed by atoms with van der Waals surface area (Å²) in [5.41, 5.74) is 7.28. The third-order valence-electron chi connectivity index (χ3n) is 7.01. The molecular formula is C29H32N4O3. The average molecular weight is 485 g/mol. The zero-order valence-corrected chi connectivity index (χ0v) is 20.3. The monoisotopic (exact) mass is 484 g/mol. The molecule has 1 fully saturated rings. The first-order valence-electron chi connectivity index (χ1n) is 12.6. The Morgan fingerprint density at radius 2 is 1.58 bits per heavy atom. The molecule has 2 aliphatic heterocycles. The van der Waals surface area contributed by atoms with Gasteiger partial charge in [0, 0.05) is 43.9 Å². The number of nitrogens with one attached hydrogen (secondary N) is 1. The molecule has 186 valence electrons. The van der Waals surface area contributed by atoms with E-state index < -0.39 is 0 Å². The van der Waals surface area contributed by atoms with Crippen LogP contribution in [0.1, 0.15) is 35.6 Å². The van der Waals surface area contributed by atoms with Crippen molar-refractivity contribution < 1.29 is 9.76 Å². The van der Waals surface area contributed by atoms with Gasteiger partial charge in [-0.15, -0.1) is 0 Å². The Kier molecular flexibility index (Phi) is 7.71. The number of hydrogen-bond acceptors (Lipinski definition) is 6. The number of rotatable bonds is 9. The number of non-ortho nitro benzene ring substituents is 1. The van der Waals surface area contributed by atoms with E-state index in [1.54, 1.807) is 12.1 Å². The van der Waals surface area contributed by atoms with Gasteiger partial charge in [0.2, 0.25) is 0 Å². The van der Waals surface area contributed by atoms with Gasteiger partial charge in [-0.2, -0.15) is 0 Å². The Hall–Kier alpha value is -3.52. The molecule has 0 spiro atoms. The molecule has 2 aliphatic rings. The molecule has 1 atom stereocenters. The first-order chi connectivity index (χ1) is 17.7. The summed E-state index contributed by atoms with van der Waals surface area (Å²) in [6, 6.07) is 28.5. The first kappa shape index (κ1) is 24.2. The fourth-order valence-corrected chi connectivity index (χ4v) is 5.12. The molecule has 0 bridgehead atoms. The van der Waals surface area contributed by atoms with E-state index in [1.807, 2.05) is 12.1 Å². The summed E-state index contributed by atoms with van der Waals surface area (Å²) in [6.45, 7) is 5.21. The summed E-state index contributed by atoms with van der Waals surface area (Å²) in [4.78, 5) is 21.5. The van der Waals surface area contributed by atoms with Crippen LogP contribution in [-0.2, 0) is 4.84 Å². The molecule has 0 amide bonds. The molecule has 3 aromatic carbocycles. The maximum atomic E-state index is 11.1. The highest BCUT2D eigenvalue weighted by atomic mass is 16.7. The van der Waals surface area contributed by atoms with Crippen LogP contribution in [0.15, 0.2) is 91.0 Å². The standard InChI is InChI=1S/C29H32N4O3/c34-33(35)26-14-7-13-25(21-26)28-22-27(36-30-28)15-8-16-31-17-19-32(20-18-31)29(23-9-3-1-4-10-23)24-11-5-2-6-12-24/h1-7,9-14,21-22,27,29-30H,8,15-20H2. The second-order valence-electron chi connectivity index (χ2n) is 9.39. The van der Waals surface area contributed by atoms with Crippen LogP contribution < -0.4 is 5.48 Å². The topological polar surface area (TPSA) is 70.9 Å². The van der Waals surface area contributed by atoms with E-state index in [1.165, 1.54) is 17.2 Å². The van der Waals surface area contributed by atoms with Crippen molar-refractivity contribution in [2.24, 2.45) is 0 Å². The van der Waals surface area contributed by atoms with Crippen LogP contribution in [0.5, 0.6) is 0 Å². The molecule has 5 rings (SSSR count). The second kappa shape index (κ2) is 11.5. The molecule has 7 nitrogen and oxygen atoms in total. The lowest BCUT2D eigenvalue weighted by molar-refractivity contribution is -0.384. The minimum atomic E-state index is -0.376. The Bertz CT molecular complexity index is 1140. The third kappa shape index (κ3) is 5.82. The first-order valence-corrected chi connectivity index (χ1v) is 12.6. The van der Waals surface area contributed by atoms with Gasteiger partial charge in [-0.25, -0.2) is 0 Å². The zero-order chi connectivity index (χ0) is 24.7. The van der Waals surface area contributed by atoms with E-state index in [2.05, 4.69) is 75.9 Å². The average Bonchev–Trinajstić information content (AvgIpc) is 3.40. The number of nitrogens with zero attached hydrogens (tertiary/aromatic N) is 3. The van der Waals surface area contributed by atoms with E-state index in [0.29, 0.717) is 0 Å². The summed E-state index contributed by atoms with van der Waals surface area (Å²) in [7, 11) is 0. The zero-order valence-electron chi connectivity index (χ0n) is 20.3. The quantitative estimate of drug-likeness (QED) is 0.339. The van der Waals surface area contributed by atoms with E-state index >= 15 is 0 Å². The highest BCUT2D eigenvalue weighted by Crippen LogP contribution is 2.29. The number of piperazine rings is 1. The number of nitro benzene ring substituents is 1. The van der Waals surface area contributed by atoms with Crippen molar-refractivity contribution in [3.8, 4) is 0 Å². The van der Waals surface area contributed by atoms with Crippen molar-refractivity contribution >= 4 is 11.4 Å². The Labute approximate surface area is 212 Å². The molecule has 0 aromatic heterocycles. The highest BCUT2D eigenvalue weighted by molar-refractivity contribution is 5.66. The summed E-state index contributed by atoms with van der Waals surface area (Å²) >= 11 is 0. The van der Waals surface area contributed by atoms with Crippen molar-refractivity contribution in [3.05, 3.63) is 118 Å². The Morgan fingerprint density at radius 1 is 0.917 bits per heavy atom. The van der Waals surface area contributed by atoms with E-state index in [9.17, 15) is 10.1 Å². The molecule has 1 saturated heterocycles. The highest BCUT2D eigenvalue weighted by Gasteiger charge is 2.26. The van der Waals surface area contributed by atoms with E-state index in [-0.39, 0.29) is 22.8 Å². The fourth-order valence-electron chi connectivity index (χ4n) is 5.12. The second-order valence-corrected chi connectivity index (χ2v) is 9.39. The van der Waals surface area contributed by atoms with Gasteiger partial charge in [0.15, 0.2) is 0 Å². The van der Waals surface area contributed by atoms with Gasteiger partial charge in [0.1, 0.15) is 6.10 Å². The van der Waals surface area contributed by atoms with Crippen LogP contribution in [0, 0.1) is 10.1 Å². The summed E-state index contributed by atoms with van der Waals surface area (Å²) < 4.78 is 0. The van der Waals surface area contributed by atoms with Gasteiger partial charge in [-0.05, 0) is 36.6 Å². The van der Waals surface area contributed by atoms with Gasteiger partial charge < -0.3 is 4.90 Å². The van der Waals surface area contributed by atoms with Crippen LogP contribution in [0.2, 0.25) is 0 Å². The lowest BCUT2D eigenvalue weighted by Gasteiger charge is -2.40. The van der Waals surface area contributed by atoms with Gasteiger partial charge in [-0.1, -0.05) is 72.8 Å². The van der Waals surface area contributed by atoms with Gasteiger partial charge >= 0.3 is 0 Å². The minimum absolute atomic E-state index is 0.0268. The molecule has 3 aromatic rings. The van der Waals surface area contributed by atoms with E-state index in [0.717, 1.165) is 56.8 Å². The van der Waals surface area contributed by atoms with Gasteiger partial charge in [0.25, 0.3) is 5.69 Å². The molecule has 0 aliphatic carbocycles. The molecular weight excluding hydrogens is 452 g/mol. The van der Waals surface area contributed by atoms with Crippen LogP contribution in [0.25, 0.3) is 5.70 Å².